The van der Waals surface area contributed by atoms with Crippen molar-refractivity contribution in [3.8, 4) is 0 Å². The van der Waals surface area contributed by atoms with Gasteiger partial charge in [-0.05, 0) is 26.7 Å². The molecule has 3 N–H and O–H groups in total. The molecule has 0 spiro atoms. The number of amides is 1. The van der Waals surface area contributed by atoms with Gasteiger partial charge in [0, 0.05) is 13.0 Å². The molecule has 0 fully saturated rings. The first-order valence-electron chi connectivity index (χ1n) is 5.53. The summed E-state index contributed by atoms with van der Waals surface area (Å²) < 4.78 is 24.3. The second kappa shape index (κ2) is 6.69. The van der Waals surface area contributed by atoms with Crippen LogP contribution in [-0.2, 0) is 19.6 Å². The fraction of sp³-hybridized carbons (Fsp3) is 0.800. The molecule has 0 aliphatic rings. The average molecular weight is 280 g/mol. The van der Waals surface area contributed by atoms with Gasteiger partial charge >= 0.3 is 5.97 Å². The third-order valence-corrected chi connectivity index (χ3v) is 2.99. The molecule has 106 valence electrons. The van der Waals surface area contributed by atoms with Crippen molar-refractivity contribution in [1.82, 2.24) is 10.0 Å². The zero-order valence-electron chi connectivity index (χ0n) is 10.8. The van der Waals surface area contributed by atoms with E-state index in [1.54, 1.807) is 0 Å². The molecule has 7 nitrogen and oxygen atoms in total. The van der Waals surface area contributed by atoms with E-state index in [9.17, 15) is 18.0 Å². The summed E-state index contributed by atoms with van der Waals surface area (Å²) in [5.41, 5.74) is -1.22. The van der Waals surface area contributed by atoms with Gasteiger partial charge in [0.1, 0.15) is 5.54 Å². The molecule has 0 aliphatic carbocycles. The van der Waals surface area contributed by atoms with E-state index >= 15 is 0 Å². The minimum absolute atomic E-state index is 0.0564. The molecular weight excluding hydrogens is 260 g/mol. The number of hydrogen-bond donors (Lipinski definition) is 3. The van der Waals surface area contributed by atoms with Crippen LogP contribution in [0.2, 0.25) is 0 Å². The first-order chi connectivity index (χ1) is 8.04. The molecule has 0 unspecified atom stereocenters. The minimum Gasteiger partial charge on any atom is -0.481 e. The molecule has 0 aromatic carbocycles. The summed E-state index contributed by atoms with van der Waals surface area (Å²) in [4.78, 5) is 21.9. The Bertz CT molecular complexity index is 402. The maximum Gasteiger partial charge on any atom is 0.303 e. The van der Waals surface area contributed by atoms with E-state index in [1.165, 1.54) is 13.8 Å². The number of carbonyl (C=O) groups excluding carboxylic acids is 1. The van der Waals surface area contributed by atoms with E-state index < -0.39 is 27.4 Å². The molecule has 0 aromatic rings. The molecule has 0 aromatic heterocycles. The second-order valence-electron chi connectivity index (χ2n) is 4.61. The number of carboxylic acid groups (broad SMARTS) is 1. The van der Waals surface area contributed by atoms with Gasteiger partial charge in [-0.3, -0.25) is 9.59 Å². The summed E-state index contributed by atoms with van der Waals surface area (Å²) in [5.74, 6) is -1.32. The number of aliphatic carboxylic acids is 1. The standard InChI is InChI=1S/C10H20N2O5S/c1-10(2,12-18(3,16)17)9(15)11-7-5-4-6-8(13)14/h12H,4-7H2,1-3H3,(H,11,15)(H,13,14). The Morgan fingerprint density at radius 3 is 2.22 bits per heavy atom. The van der Waals surface area contributed by atoms with E-state index in [-0.39, 0.29) is 6.42 Å². The Morgan fingerprint density at radius 1 is 1.22 bits per heavy atom. The number of rotatable bonds is 8. The van der Waals surface area contributed by atoms with Gasteiger partial charge in [0.15, 0.2) is 0 Å². The van der Waals surface area contributed by atoms with Crippen LogP contribution in [0.3, 0.4) is 0 Å². The van der Waals surface area contributed by atoms with Crippen LogP contribution in [0.4, 0.5) is 0 Å². The van der Waals surface area contributed by atoms with E-state index in [2.05, 4.69) is 10.0 Å². The number of hydrogen-bond acceptors (Lipinski definition) is 4. The summed E-state index contributed by atoms with van der Waals surface area (Å²) in [6, 6.07) is 0. The fourth-order valence-electron chi connectivity index (χ4n) is 1.33. The van der Waals surface area contributed by atoms with Crippen molar-refractivity contribution in [2.24, 2.45) is 0 Å². The monoisotopic (exact) mass is 280 g/mol. The van der Waals surface area contributed by atoms with Crippen LogP contribution < -0.4 is 10.0 Å². The van der Waals surface area contributed by atoms with Gasteiger partial charge in [-0.25, -0.2) is 13.1 Å². The summed E-state index contributed by atoms with van der Waals surface area (Å²) in [6.45, 7) is 3.24. The van der Waals surface area contributed by atoms with Crippen molar-refractivity contribution in [3.63, 3.8) is 0 Å². The minimum atomic E-state index is -3.46. The highest BCUT2D eigenvalue weighted by Crippen LogP contribution is 2.04. The third-order valence-electron chi connectivity index (χ3n) is 2.11. The normalized spacial score (nSPS) is 12.2. The number of nitrogens with one attached hydrogen (secondary N) is 2. The number of sulfonamides is 1. The zero-order chi connectivity index (χ0) is 14.4. The van der Waals surface area contributed by atoms with Crippen LogP contribution in [0.5, 0.6) is 0 Å². The third kappa shape index (κ3) is 8.02. The van der Waals surface area contributed by atoms with Crippen molar-refractivity contribution >= 4 is 21.9 Å². The van der Waals surface area contributed by atoms with Gasteiger partial charge in [0.25, 0.3) is 0 Å². The Balaban J connectivity index is 4.05. The highest BCUT2D eigenvalue weighted by Gasteiger charge is 2.30. The largest absolute Gasteiger partial charge is 0.481 e. The molecule has 0 saturated heterocycles. The maximum absolute atomic E-state index is 11.7. The lowest BCUT2D eigenvalue weighted by Gasteiger charge is -2.23. The molecule has 0 heterocycles. The van der Waals surface area contributed by atoms with Gasteiger partial charge in [0.05, 0.1) is 6.26 Å². The lowest BCUT2D eigenvalue weighted by Crippen LogP contribution is -2.54. The van der Waals surface area contributed by atoms with Crippen molar-refractivity contribution in [2.75, 3.05) is 12.8 Å². The molecular formula is C10H20N2O5S. The lowest BCUT2D eigenvalue weighted by atomic mass is 10.1. The van der Waals surface area contributed by atoms with Gasteiger partial charge in [0.2, 0.25) is 15.9 Å². The van der Waals surface area contributed by atoms with Gasteiger partial charge in [-0.2, -0.15) is 0 Å². The van der Waals surface area contributed by atoms with E-state index in [0.717, 1.165) is 6.26 Å². The van der Waals surface area contributed by atoms with Crippen LogP contribution in [0.15, 0.2) is 0 Å². The Kier molecular flexibility index (Phi) is 6.27. The summed E-state index contributed by atoms with van der Waals surface area (Å²) in [7, 11) is -3.46. The van der Waals surface area contributed by atoms with Crippen LogP contribution in [-0.4, -0.2) is 43.7 Å². The summed E-state index contributed by atoms with van der Waals surface area (Å²) >= 11 is 0. The van der Waals surface area contributed by atoms with Crippen LogP contribution in [0.1, 0.15) is 33.1 Å². The molecule has 0 bridgehead atoms. The first kappa shape index (κ1) is 16.9. The average Bonchev–Trinajstić information content (AvgIpc) is 2.12. The summed E-state index contributed by atoms with van der Waals surface area (Å²) in [5, 5.41) is 11.0. The van der Waals surface area contributed by atoms with Gasteiger partial charge in [-0.15, -0.1) is 0 Å². The maximum atomic E-state index is 11.7. The lowest BCUT2D eigenvalue weighted by molar-refractivity contribution is -0.137. The molecule has 0 aliphatic heterocycles. The molecule has 1 amide bonds. The second-order valence-corrected chi connectivity index (χ2v) is 6.35. The fourth-order valence-corrected chi connectivity index (χ4v) is 2.35. The SMILES string of the molecule is CC(C)(NS(C)(=O)=O)C(=O)NCCCCC(=O)O. The molecule has 8 heteroatoms. The van der Waals surface area contributed by atoms with E-state index in [0.29, 0.717) is 19.4 Å². The molecule has 0 rings (SSSR count). The Hall–Kier alpha value is -1.15. The molecule has 18 heavy (non-hydrogen) atoms. The molecule has 0 saturated carbocycles. The number of unbranched alkanes of at least 4 members (excludes halogenated alkanes) is 1. The van der Waals surface area contributed by atoms with Gasteiger partial charge in [-0.1, -0.05) is 0 Å². The van der Waals surface area contributed by atoms with E-state index in [1.807, 2.05) is 0 Å². The van der Waals surface area contributed by atoms with Crippen molar-refractivity contribution in [1.29, 1.82) is 0 Å². The predicted molar refractivity (Wildman–Crippen MR) is 66.6 cm³/mol. The smallest absolute Gasteiger partial charge is 0.303 e. The zero-order valence-corrected chi connectivity index (χ0v) is 11.6. The molecule has 0 radical (unpaired) electrons. The number of carbonyl (C=O) groups is 2. The summed E-state index contributed by atoms with van der Waals surface area (Å²) in [6.07, 6.45) is 2.04. The highest BCUT2D eigenvalue weighted by molar-refractivity contribution is 7.88. The van der Waals surface area contributed by atoms with E-state index in [4.69, 9.17) is 5.11 Å². The van der Waals surface area contributed by atoms with Crippen molar-refractivity contribution in [2.45, 2.75) is 38.6 Å². The van der Waals surface area contributed by atoms with Crippen LogP contribution >= 0.6 is 0 Å². The highest BCUT2D eigenvalue weighted by atomic mass is 32.2. The quantitative estimate of drug-likeness (QED) is 0.528. The number of carboxylic acids is 1. The topological polar surface area (TPSA) is 113 Å². The molecule has 0 atom stereocenters. The predicted octanol–water partition coefficient (Wildman–Crippen LogP) is -0.315. The van der Waals surface area contributed by atoms with Crippen LogP contribution in [0.25, 0.3) is 0 Å². The first-order valence-corrected chi connectivity index (χ1v) is 7.43. The Morgan fingerprint density at radius 2 is 1.78 bits per heavy atom. The van der Waals surface area contributed by atoms with Crippen molar-refractivity contribution in [3.05, 3.63) is 0 Å². The van der Waals surface area contributed by atoms with Crippen LogP contribution in [0, 0.1) is 0 Å². The van der Waals surface area contributed by atoms with Crippen molar-refractivity contribution < 1.29 is 23.1 Å². The van der Waals surface area contributed by atoms with Gasteiger partial charge < -0.3 is 10.4 Å². The Labute approximate surface area is 107 Å².